The third-order valence-electron chi connectivity index (χ3n) is 1.64. The summed E-state index contributed by atoms with van der Waals surface area (Å²) in [6.45, 7) is 0.660. The van der Waals surface area contributed by atoms with E-state index in [-0.39, 0.29) is 5.78 Å². The van der Waals surface area contributed by atoms with E-state index < -0.39 is 0 Å². The molecule has 0 saturated heterocycles. The van der Waals surface area contributed by atoms with Crippen LogP contribution < -0.4 is 0 Å². The van der Waals surface area contributed by atoms with E-state index in [1.165, 1.54) is 0 Å². The average molecular weight is 310 g/mol. The first-order valence-corrected chi connectivity index (χ1v) is 5.96. The summed E-state index contributed by atoms with van der Waals surface area (Å²) in [7, 11) is 1.65. The fraction of sp³-hybridized carbons (Fsp3) is 0.444. The average Bonchev–Trinajstić information content (AvgIpc) is 2.52. The molecule has 0 aromatic carbocycles. The molecule has 2 nitrogen and oxygen atoms in total. The zero-order valence-corrected chi connectivity index (χ0v) is 10.4. The van der Waals surface area contributed by atoms with Crippen LogP contribution in [0.2, 0.25) is 0 Å². The number of ketones is 1. The Morgan fingerprint density at radius 1 is 1.69 bits per heavy atom. The first-order chi connectivity index (χ1) is 6.24. The van der Waals surface area contributed by atoms with Crippen molar-refractivity contribution >= 4 is 39.7 Å². The number of halogens is 1. The van der Waals surface area contributed by atoms with Gasteiger partial charge in [0, 0.05) is 31.1 Å². The van der Waals surface area contributed by atoms with Gasteiger partial charge in [0.05, 0.1) is 2.88 Å². The van der Waals surface area contributed by atoms with Gasteiger partial charge in [0.15, 0.2) is 5.78 Å². The molecule has 1 heterocycles. The summed E-state index contributed by atoms with van der Waals surface area (Å²) in [6.07, 6.45) is 1.39. The maximum Gasteiger partial charge on any atom is 0.163 e. The number of carbonyl (C=O) groups is 1. The summed E-state index contributed by atoms with van der Waals surface area (Å²) in [5.41, 5.74) is 0.838. The van der Waals surface area contributed by atoms with Crippen molar-refractivity contribution in [3.63, 3.8) is 0 Å². The normalized spacial score (nSPS) is 10.3. The lowest BCUT2D eigenvalue weighted by molar-refractivity contribution is 0.0964. The van der Waals surface area contributed by atoms with Crippen LogP contribution in [0.5, 0.6) is 0 Å². The number of Topliss-reactive ketones (excluding diaryl/α,β-unsaturated/α-hetero) is 1. The molecule has 1 aromatic rings. The number of carbonyl (C=O) groups excluding carboxylic acids is 1. The topological polar surface area (TPSA) is 26.3 Å². The summed E-state index contributed by atoms with van der Waals surface area (Å²) in [6, 6.07) is 1.93. The van der Waals surface area contributed by atoms with Gasteiger partial charge in [-0.25, -0.2) is 0 Å². The van der Waals surface area contributed by atoms with Crippen LogP contribution in [0.25, 0.3) is 0 Å². The Bertz CT molecular complexity index is 283. The van der Waals surface area contributed by atoms with Gasteiger partial charge >= 0.3 is 0 Å². The smallest absolute Gasteiger partial charge is 0.163 e. The maximum atomic E-state index is 11.5. The van der Waals surface area contributed by atoms with Crippen LogP contribution in [0.1, 0.15) is 23.2 Å². The Balaban J connectivity index is 2.40. The minimum Gasteiger partial charge on any atom is -0.385 e. The van der Waals surface area contributed by atoms with Gasteiger partial charge in [-0.2, -0.15) is 0 Å². The van der Waals surface area contributed by atoms with Crippen molar-refractivity contribution in [3.8, 4) is 0 Å². The van der Waals surface area contributed by atoms with Crippen molar-refractivity contribution in [2.24, 2.45) is 0 Å². The lowest BCUT2D eigenvalue weighted by Gasteiger charge is -1.96. The van der Waals surface area contributed by atoms with E-state index in [0.717, 1.165) is 14.9 Å². The number of rotatable bonds is 5. The third kappa shape index (κ3) is 3.74. The fourth-order valence-electron chi connectivity index (χ4n) is 0.978. The molecule has 0 spiro atoms. The van der Waals surface area contributed by atoms with Crippen LogP contribution in [0, 0.1) is 2.88 Å². The third-order valence-corrected chi connectivity index (χ3v) is 3.43. The molecule has 0 amide bonds. The molecular formula is C9H11IO2S. The van der Waals surface area contributed by atoms with Gasteiger partial charge in [-0.3, -0.25) is 4.79 Å². The van der Waals surface area contributed by atoms with E-state index in [9.17, 15) is 4.79 Å². The molecule has 0 N–H and O–H groups in total. The minimum absolute atomic E-state index is 0.219. The van der Waals surface area contributed by atoms with Crippen molar-refractivity contribution < 1.29 is 9.53 Å². The fourth-order valence-corrected chi connectivity index (χ4v) is 2.33. The maximum absolute atomic E-state index is 11.5. The summed E-state index contributed by atoms with van der Waals surface area (Å²) in [4.78, 5) is 11.5. The van der Waals surface area contributed by atoms with Crippen LogP contribution in [0.15, 0.2) is 11.4 Å². The molecule has 1 rings (SSSR count). The van der Waals surface area contributed by atoms with Crippen molar-refractivity contribution in [2.45, 2.75) is 12.8 Å². The minimum atomic E-state index is 0.219. The number of ether oxygens (including phenoxy) is 1. The van der Waals surface area contributed by atoms with Gasteiger partial charge in [0.1, 0.15) is 0 Å². The van der Waals surface area contributed by atoms with Crippen molar-refractivity contribution in [3.05, 3.63) is 19.9 Å². The van der Waals surface area contributed by atoms with E-state index in [4.69, 9.17) is 4.74 Å². The van der Waals surface area contributed by atoms with E-state index in [1.54, 1.807) is 18.4 Å². The number of hydrogen-bond donors (Lipinski definition) is 0. The molecule has 13 heavy (non-hydrogen) atoms. The Morgan fingerprint density at radius 3 is 3.00 bits per heavy atom. The largest absolute Gasteiger partial charge is 0.385 e. The van der Waals surface area contributed by atoms with Crippen LogP contribution in [0.4, 0.5) is 0 Å². The van der Waals surface area contributed by atoms with Gasteiger partial charge in [-0.1, -0.05) is 0 Å². The SMILES string of the molecule is COCCCC(=O)c1csc(I)c1. The number of thiophene rings is 1. The molecule has 0 aliphatic rings. The highest BCUT2D eigenvalue weighted by molar-refractivity contribution is 14.1. The van der Waals surface area contributed by atoms with E-state index >= 15 is 0 Å². The monoisotopic (exact) mass is 310 g/mol. The predicted molar refractivity (Wildman–Crippen MR) is 62.5 cm³/mol. The Morgan fingerprint density at radius 2 is 2.46 bits per heavy atom. The molecule has 0 saturated carbocycles. The van der Waals surface area contributed by atoms with Crippen molar-refractivity contribution in [2.75, 3.05) is 13.7 Å². The van der Waals surface area contributed by atoms with Gasteiger partial charge in [-0.05, 0) is 35.1 Å². The summed E-state index contributed by atoms with van der Waals surface area (Å²) < 4.78 is 6.04. The van der Waals surface area contributed by atoms with Gasteiger partial charge in [0.25, 0.3) is 0 Å². The second-order valence-electron chi connectivity index (χ2n) is 2.66. The molecule has 1 aromatic heterocycles. The molecular weight excluding hydrogens is 299 g/mol. The van der Waals surface area contributed by atoms with E-state index in [2.05, 4.69) is 22.6 Å². The Labute approximate surface area is 95.4 Å². The molecule has 0 fully saturated rings. The Hall–Kier alpha value is 0.0600. The molecule has 0 bridgehead atoms. The molecule has 0 aliphatic heterocycles. The molecule has 0 unspecified atom stereocenters. The first-order valence-electron chi connectivity index (χ1n) is 4.00. The molecule has 72 valence electrons. The molecule has 0 aliphatic carbocycles. The van der Waals surface area contributed by atoms with Crippen LogP contribution in [-0.2, 0) is 4.74 Å². The lowest BCUT2D eigenvalue weighted by Crippen LogP contribution is -1.99. The second kappa shape index (κ2) is 5.72. The summed E-state index contributed by atoms with van der Waals surface area (Å²) in [5, 5.41) is 1.91. The van der Waals surface area contributed by atoms with Crippen LogP contribution >= 0.6 is 33.9 Å². The first kappa shape index (κ1) is 11.1. The highest BCUT2D eigenvalue weighted by atomic mass is 127. The van der Waals surface area contributed by atoms with Gasteiger partial charge in [0.2, 0.25) is 0 Å². The zero-order chi connectivity index (χ0) is 9.68. The van der Waals surface area contributed by atoms with Crippen LogP contribution in [0.3, 0.4) is 0 Å². The molecule has 0 atom stereocenters. The van der Waals surface area contributed by atoms with Crippen LogP contribution in [-0.4, -0.2) is 19.5 Å². The molecule has 4 heteroatoms. The van der Waals surface area contributed by atoms with Gasteiger partial charge < -0.3 is 4.74 Å². The summed E-state index contributed by atoms with van der Waals surface area (Å²) >= 11 is 3.83. The van der Waals surface area contributed by atoms with Crippen molar-refractivity contribution in [1.82, 2.24) is 0 Å². The standard InChI is InChI=1S/C9H11IO2S/c1-12-4-2-3-8(11)7-5-9(10)13-6-7/h5-6H,2-4H2,1H3. The van der Waals surface area contributed by atoms with Crippen molar-refractivity contribution in [1.29, 1.82) is 0 Å². The number of methoxy groups -OCH3 is 1. The zero-order valence-electron chi connectivity index (χ0n) is 7.38. The Kier molecular flexibility index (Phi) is 4.90. The molecule has 0 radical (unpaired) electrons. The quantitative estimate of drug-likeness (QED) is 0.475. The summed E-state index contributed by atoms with van der Waals surface area (Å²) in [5.74, 6) is 0.219. The predicted octanol–water partition coefficient (Wildman–Crippen LogP) is 2.96. The second-order valence-corrected chi connectivity index (χ2v) is 5.46. The highest BCUT2D eigenvalue weighted by Gasteiger charge is 2.06. The lowest BCUT2D eigenvalue weighted by atomic mass is 10.1. The van der Waals surface area contributed by atoms with E-state index in [0.29, 0.717) is 13.0 Å². The highest BCUT2D eigenvalue weighted by Crippen LogP contribution is 2.18. The van der Waals surface area contributed by atoms with E-state index in [1.807, 2.05) is 11.4 Å². The number of hydrogen-bond acceptors (Lipinski definition) is 3. The van der Waals surface area contributed by atoms with Gasteiger partial charge in [-0.15, -0.1) is 11.3 Å².